The molecule has 0 saturated heterocycles. The maximum absolute atomic E-state index is 5.60. The maximum atomic E-state index is 5.60. The Bertz CT molecular complexity index is 704. The van der Waals surface area contributed by atoms with E-state index in [9.17, 15) is 0 Å². The molecule has 1 aromatic heterocycles. The predicted molar refractivity (Wildman–Crippen MR) is 114 cm³/mol. The zero-order valence-electron chi connectivity index (χ0n) is 15.7. The summed E-state index contributed by atoms with van der Waals surface area (Å²) in [6.45, 7) is 6.05. The van der Waals surface area contributed by atoms with E-state index in [1.54, 1.807) is 20.5 Å². The highest BCUT2D eigenvalue weighted by Crippen LogP contribution is 2.30. The van der Waals surface area contributed by atoms with Crippen LogP contribution in [0.15, 0.2) is 29.5 Å². The molecule has 1 aromatic carbocycles. The third-order valence-corrected chi connectivity index (χ3v) is 3.61. The Morgan fingerprint density at radius 1 is 1.27 bits per heavy atom. The Labute approximate surface area is 171 Å². The molecule has 26 heavy (non-hydrogen) atoms. The molecule has 2 aromatic rings. The van der Waals surface area contributed by atoms with Gasteiger partial charge in [0.05, 0.1) is 13.7 Å². The molecular weight excluding hydrogens is 447 g/mol. The van der Waals surface area contributed by atoms with Crippen molar-refractivity contribution in [2.45, 2.75) is 26.8 Å². The summed E-state index contributed by atoms with van der Waals surface area (Å²) in [5, 5.41) is 14.5. The summed E-state index contributed by atoms with van der Waals surface area (Å²) in [4.78, 5) is 4.24. The highest BCUT2D eigenvalue weighted by Gasteiger charge is 2.07. The summed E-state index contributed by atoms with van der Waals surface area (Å²) in [5.74, 6) is 3.05. The highest BCUT2D eigenvalue weighted by atomic mass is 127. The first-order valence-corrected chi connectivity index (χ1v) is 8.37. The number of nitrogens with one attached hydrogen (secondary N) is 2. The van der Waals surface area contributed by atoms with Gasteiger partial charge in [-0.05, 0) is 19.1 Å². The molecule has 8 nitrogen and oxygen atoms in total. The summed E-state index contributed by atoms with van der Waals surface area (Å²) in [6, 6.07) is 5.68. The lowest BCUT2D eigenvalue weighted by atomic mass is 10.2. The van der Waals surface area contributed by atoms with Gasteiger partial charge in [-0.15, -0.1) is 34.2 Å². The number of guanidine groups is 1. The van der Waals surface area contributed by atoms with Crippen molar-refractivity contribution in [1.82, 2.24) is 20.1 Å². The fourth-order valence-electron chi connectivity index (χ4n) is 2.37. The second-order valence-corrected chi connectivity index (χ2v) is 5.22. The predicted octanol–water partition coefficient (Wildman–Crippen LogP) is 2.55. The average molecular weight is 474 g/mol. The first-order chi connectivity index (χ1) is 12.2. The number of aliphatic imine (C=N–C) groups is 1. The minimum absolute atomic E-state index is 0. The normalized spacial score (nSPS) is 10.8. The standard InChI is InChI=1S/C17H26N6O2.HI/c1-5-16-22-20-12-23(16)10-9-19-17(18-3)21-13-7-8-14(24-4)15(11-13)25-6-2;/h7-8,11-12H,5-6,9-10H2,1-4H3,(H2,18,19,21);1H. The van der Waals surface area contributed by atoms with Crippen LogP contribution in [0.4, 0.5) is 5.69 Å². The molecular formula is C17H27IN6O2. The zero-order chi connectivity index (χ0) is 18.1. The number of benzene rings is 1. The van der Waals surface area contributed by atoms with Crippen LogP contribution in [0.2, 0.25) is 0 Å². The Hall–Kier alpha value is -2.04. The van der Waals surface area contributed by atoms with Gasteiger partial charge < -0.3 is 24.7 Å². The molecule has 0 saturated carbocycles. The van der Waals surface area contributed by atoms with Crippen molar-refractivity contribution in [2.75, 3.05) is 32.6 Å². The number of hydrogen-bond donors (Lipinski definition) is 2. The SMILES string of the molecule is CCOc1cc(NC(=NC)NCCn2cnnc2CC)ccc1OC.I. The molecule has 0 bridgehead atoms. The van der Waals surface area contributed by atoms with E-state index in [-0.39, 0.29) is 24.0 Å². The van der Waals surface area contributed by atoms with E-state index in [4.69, 9.17) is 9.47 Å². The largest absolute Gasteiger partial charge is 0.493 e. The second-order valence-electron chi connectivity index (χ2n) is 5.22. The summed E-state index contributed by atoms with van der Waals surface area (Å²) in [5.41, 5.74) is 0.871. The van der Waals surface area contributed by atoms with Crippen LogP contribution in [0, 0.1) is 0 Å². The minimum Gasteiger partial charge on any atom is -0.493 e. The molecule has 0 amide bonds. The number of ether oxygens (including phenoxy) is 2. The number of rotatable bonds is 8. The van der Waals surface area contributed by atoms with Gasteiger partial charge >= 0.3 is 0 Å². The summed E-state index contributed by atoms with van der Waals surface area (Å²) in [6.07, 6.45) is 2.60. The summed E-state index contributed by atoms with van der Waals surface area (Å²) >= 11 is 0. The molecule has 9 heteroatoms. The second kappa shape index (κ2) is 11.6. The van der Waals surface area contributed by atoms with Gasteiger partial charge in [0.15, 0.2) is 17.5 Å². The Kier molecular flexibility index (Phi) is 9.78. The fourth-order valence-corrected chi connectivity index (χ4v) is 2.37. The van der Waals surface area contributed by atoms with Crippen molar-refractivity contribution in [3.05, 3.63) is 30.4 Å². The number of aromatic nitrogens is 3. The van der Waals surface area contributed by atoms with Gasteiger partial charge in [0.2, 0.25) is 0 Å². The Balaban J connectivity index is 0.00000338. The van der Waals surface area contributed by atoms with E-state index in [1.807, 2.05) is 29.7 Å². The van der Waals surface area contributed by atoms with Crippen molar-refractivity contribution < 1.29 is 9.47 Å². The van der Waals surface area contributed by atoms with E-state index in [1.165, 1.54) is 0 Å². The van der Waals surface area contributed by atoms with E-state index in [0.717, 1.165) is 24.5 Å². The monoisotopic (exact) mass is 474 g/mol. The Morgan fingerprint density at radius 2 is 2.08 bits per heavy atom. The van der Waals surface area contributed by atoms with Crippen molar-refractivity contribution in [3.63, 3.8) is 0 Å². The van der Waals surface area contributed by atoms with Gasteiger partial charge in [0, 0.05) is 38.3 Å². The summed E-state index contributed by atoms with van der Waals surface area (Å²) in [7, 11) is 3.36. The van der Waals surface area contributed by atoms with Gasteiger partial charge in [-0.3, -0.25) is 4.99 Å². The van der Waals surface area contributed by atoms with Crippen LogP contribution in [0.25, 0.3) is 0 Å². The van der Waals surface area contributed by atoms with Crippen LogP contribution in [0.5, 0.6) is 11.5 Å². The van der Waals surface area contributed by atoms with E-state index >= 15 is 0 Å². The molecule has 0 fully saturated rings. The van der Waals surface area contributed by atoms with Crippen LogP contribution in [-0.4, -0.2) is 48.0 Å². The van der Waals surface area contributed by atoms with E-state index < -0.39 is 0 Å². The van der Waals surface area contributed by atoms with Crippen molar-refractivity contribution in [1.29, 1.82) is 0 Å². The van der Waals surface area contributed by atoms with E-state index in [2.05, 4.69) is 32.7 Å². The first-order valence-electron chi connectivity index (χ1n) is 8.37. The molecule has 0 unspecified atom stereocenters. The van der Waals surface area contributed by atoms with Crippen molar-refractivity contribution in [2.24, 2.45) is 4.99 Å². The molecule has 0 spiro atoms. The van der Waals surface area contributed by atoms with Gasteiger partial charge in [0.25, 0.3) is 0 Å². The third kappa shape index (κ3) is 6.04. The lowest BCUT2D eigenvalue weighted by Gasteiger charge is -2.15. The van der Waals surface area contributed by atoms with Crippen LogP contribution in [0.3, 0.4) is 0 Å². The molecule has 1 heterocycles. The molecule has 0 radical (unpaired) electrons. The molecule has 0 atom stereocenters. The van der Waals surface area contributed by atoms with Crippen molar-refractivity contribution in [3.8, 4) is 11.5 Å². The fraction of sp³-hybridized carbons (Fsp3) is 0.471. The first kappa shape index (κ1) is 22.0. The van der Waals surface area contributed by atoms with Crippen molar-refractivity contribution >= 4 is 35.6 Å². The molecule has 2 N–H and O–H groups in total. The third-order valence-electron chi connectivity index (χ3n) is 3.61. The maximum Gasteiger partial charge on any atom is 0.195 e. The minimum atomic E-state index is 0. The van der Waals surface area contributed by atoms with Crippen LogP contribution < -0.4 is 20.1 Å². The molecule has 144 valence electrons. The lowest BCUT2D eigenvalue weighted by molar-refractivity contribution is 0.311. The van der Waals surface area contributed by atoms with Crippen LogP contribution in [0.1, 0.15) is 19.7 Å². The zero-order valence-corrected chi connectivity index (χ0v) is 18.0. The van der Waals surface area contributed by atoms with Crippen LogP contribution >= 0.6 is 24.0 Å². The van der Waals surface area contributed by atoms with Crippen LogP contribution in [-0.2, 0) is 13.0 Å². The number of methoxy groups -OCH3 is 1. The quantitative estimate of drug-likeness (QED) is 0.348. The molecule has 0 aliphatic carbocycles. The molecule has 0 aliphatic rings. The number of hydrogen-bond acceptors (Lipinski definition) is 5. The number of anilines is 1. The van der Waals surface area contributed by atoms with Gasteiger partial charge in [-0.25, -0.2) is 0 Å². The van der Waals surface area contributed by atoms with Gasteiger partial charge in [-0.1, -0.05) is 6.92 Å². The number of aryl methyl sites for hydroxylation is 1. The lowest BCUT2D eigenvalue weighted by Crippen LogP contribution is -2.33. The average Bonchev–Trinajstić information content (AvgIpc) is 3.09. The Morgan fingerprint density at radius 3 is 2.73 bits per heavy atom. The topological polar surface area (TPSA) is 85.6 Å². The molecule has 2 rings (SSSR count). The van der Waals surface area contributed by atoms with E-state index in [0.29, 0.717) is 30.6 Å². The van der Waals surface area contributed by atoms with Gasteiger partial charge in [-0.2, -0.15) is 0 Å². The molecule has 0 aliphatic heterocycles. The summed E-state index contributed by atoms with van der Waals surface area (Å²) < 4.78 is 12.9. The number of halogens is 1. The number of nitrogens with zero attached hydrogens (tertiary/aromatic N) is 4. The highest BCUT2D eigenvalue weighted by molar-refractivity contribution is 14.0. The smallest absolute Gasteiger partial charge is 0.195 e. The van der Waals surface area contributed by atoms with Gasteiger partial charge in [0.1, 0.15) is 12.2 Å².